The first-order valence-electron chi connectivity index (χ1n) is 5.62. The van der Waals surface area contributed by atoms with E-state index < -0.39 is 23.9 Å². The van der Waals surface area contributed by atoms with Crippen LogP contribution in [0.1, 0.15) is 32.6 Å². The van der Waals surface area contributed by atoms with E-state index in [0.29, 0.717) is 6.54 Å². The van der Waals surface area contributed by atoms with Gasteiger partial charge in [0.05, 0.1) is 0 Å². The molecule has 7 heteroatoms. The van der Waals surface area contributed by atoms with Gasteiger partial charge < -0.3 is 22.1 Å². The average molecular weight is 244 g/mol. The summed E-state index contributed by atoms with van der Waals surface area (Å²) in [5.74, 6) is -1.95. The minimum atomic E-state index is -1.47. The lowest BCUT2D eigenvalue weighted by atomic mass is 10.2. The van der Waals surface area contributed by atoms with Crippen LogP contribution < -0.4 is 22.1 Å². The number of carbonyl (C=O) groups is 3. The van der Waals surface area contributed by atoms with E-state index in [1.165, 1.54) is 0 Å². The van der Waals surface area contributed by atoms with Gasteiger partial charge in [0.1, 0.15) is 0 Å². The van der Waals surface area contributed by atoms with Crippen LogP contribution in [0.2, 0.25) is 0 Å². The number of hydrogen-bond acceptors (Lipinski definition) is 3. The molecule has 0 spiro atoms. The van der Waals surface area contributed by atoms with Gasteiger partial charge in [0.2, 0.25) is 11.8 Å². The minimum absolute atomic E-state index is 0.482. The van der Waals surface area contributed by atoms with E-state index >= 15 is 0 Å². The predicted molar refractivity (Wildman–Crippen MR) is 62.9 cm³/mol. The zero-order valence-electron chi connectivity index (χ0n) is 9.99. The molecule has 0 radical (unpaired) electrons. The summed E-state index contributed by atoms with van der Waals surface area (Å²) in [4.78, 5) is 32.8. The lowest BCUT2D eigenvalue weighted by molar-refractivity contribution is -0.128. The molecule has 0 aromatic rings. The number of amides is 4. The molecule has 0 aromatic carbocycles. The number of primary amides is 2. The Morgan fingerprint density at radius 1 is 1.06 bits per heavy atom. The fraction of sp³-hybridized carbons (Fsp3) is 0.700. The lowest BCUT2D eigenvalue weighted by Gasteiger charge is -2.12. The van der Waals surface area contributed by atoms with E-state index in [9.17, 15) is 14.4 Å². The van der Waals surface area contributed by atoms with Crippen molar-refractivity contribution in [3.8, 4) is 0 Å². The van der Waals surface area contributed by atoms with Crippen LogP contribution in [0.5, 0.6) is 0 Å². The maximum atomic E-state index is 11.3. The van der Waals surface area contributed by atoms with Gasteiger partial charge in [-0.3, -0.25) is 9.59 Å². The summed E-state index contributed by atoms with van der Waals surface area (Å²) >= 11 is 0. The molecule has 0 heterocycles. The second-order valence-corrected chi connectivity index (χ2v) is 3.70. The van der Waals surface area contributed by atoms with Gasteiger partial charge >= 0.3 is 6.03 Å². The SMILES string of the molecule is CCCCCCNC(=O)NC(C(N)=O)C(N)=O. The number of urea groups is 1. The maximum absolute atomic E-state index is 11.3. The summed E-state index contributed by atoms with van der Waals surface area (Å²) < 4.78 is 0. The molecule has 0 bridgehead atoms. The molecular weight excluding hydrogens is 224 g/mol. The van der Waals surface area contributed by atoms with Crippen molar-refractivity contribution in [2.75, 3.05) is 6.54 Å². The highest BCUT2D eigenvalue weighted by Crippen LogP contribution is 1.96. The van der Waals surface area contributed by atoms with Crippen LogP contribution in [0.15, 0.2) is 0 Å². The van der Waals surface area contributed by atoms with Crippen molar-refractivity contribution >= 4 is 17.8 Å². The van der Waals surface area contributed by atoms with Crippen molar-refractivity contribution in [2.45, 2.75) is 38.6 Å². The van der Waals surface area contributed by atoms with E-state index in [-0.39, 0.29) is 0 Å². The van der Waals surface area contributed by atoms with Crippen LogP contribution in [0.4, 0.5) is 4.79 Å². The quantitative estimate of drug-likeness (QED) is 0.330. The molecule has 0 aliphatic rings. The second-order valence-electron chi connectivity index (χ2n) is 3.70. The molecule has 0 saturated heterocycles. The molecular formula is C10H20N4O3. The summed E-state index contributed by atoms with van der Waals surface area (Å²) in [6, 6.07) is -2.09. The molecule has 7 nitrogen and oxygen atoms in total. The predicted octanol–water partition coefficient (Wildman–Crippen LogP) is -0.795. The largest absolute Gasteiger partial charge is 0.367 e. The number of unbranched alkanes of at least 4 members (excludes halogenated alkanes) is 3. The summed E-state index contributed by atoms with van der Waals surface area (Å²) in [6.07, 6.45) is 4.08. The summed E-state index contributed by atoms with van der Waals surface area (Å²) in [6.45, 7) is 2.57. The average Bonchev–Trinajstić information content (AvgIpc) is 2.24. The van der Waals surface area contributed by atoms with Gasteiger partial charge in [0.15, 0.2) is 6.04 Å². The summed E-state index contributed by atoms with van der Waals surface area (Å²) in [5, 5.41) is 4.62. The van der Waals surface area contributed by atoms with Gasteiger partial charge in [-0.2, -0.15) is 0 Å². The Morgan fingerprint density at radius 2 is 1.65 bits per heavy atom. The van der Waals surface area contributed by atoms with Gasteiger partial charge in [-0.15, -0.1) is 0 Å². The van der Waals surface area contributed by atoms with Gasteiger partial charge in [0.25, 0.3) is 0 Å². The fourth-order valence-electron chi connectivity index (χ4n) is 1.22. The van der Waals surface area contributed by atoms with E-state index in [4.69, 9.17) is 11.5 Å². The molecule has 0 saturated carbocycles. The molecule has 0 unspecified atom stereocenters. The lowest BCUT2D eigenvalue weighted by Crippen LogP contribution is -2.55. The van der Waals surface area contributed by atoms with Crippen molar-refractivity contribution in [2.24, 2.45) is 11.5 Å². The van der Waals surface area contributed by atoms with Crippen LogP contribution >= 0.6 is 0 Å². The molecule has 17 heavy (non-hydrogen) atoms. The standard InChI is InChI=1S/C10H20N4O3/c1-2-3-4-5-6-13-10(17)14-7(8(11)15)9(12)16/h7H,2-6H2,1H3,(H2,11,15)(H2,12,16)(H2,13,14,17). The Hall–Kier alpha value is -1.79. The first kappa shape index (κ1) is 15.2. The maximum Gasteiger partial charge on any atom is 0.315 e. The number of rotatable bonds is 8. The van der Waals surface area contributed by atoms with Crippen molar-refractivity contribution in [1.29, 1.82) is 0 Å². The Labute approximate surface area is 100 Å². The summed E-state index contributed by atoms with van der Waals surface area (Å²) in [5.41, 5.74) is 9.80. The van der Waals surface area contributed by atoms with Crippen molar-refractivity contribution in [1.82, 2.24) is 10.6 Å². The first-order valence-corrected chi connectivity index (χ1v) is 5.62. The van der Waals surface area contributed by atoms with Crippen molar-refractivity contribution in [3.05, 3.63) is 0 Å². The highest BCUT2D eigenvalue weighted by Gasteiger charge is 2.23. The molecule has 0 rings (SSSR count). The van der Waals surface area contributed by atoms with Crippen LogP contribution in [0.3, 0.4) is 0 Å². The molecule has 0 aliphatic heterocycles. The molecule has 4 amide bonds. The van der Waals surface area contributed by atoms with Gasteiger partial charge in [0, 0.05) is 6.54 Å². The normalized spacial score (nSPS) is 10.0. The van der Waals surface area contributed by atoms with Crippen LogP contribution in [0, 0.1) is 0 Å². The zero-order chi connectivity index (χ0) is 13.3. The Morgan fingerprint density at radius 3 is 2.12 bits per heavy atom. The molecule has 0 atom stereocenters. The Kier molecular flexibility index (Phi) is 7.49. The molecule has 0 aromatic heterocycles. The Balaban J connectivity index is 3.83. The first-order chi connectivity index (χ1) is 7.99. The van der Waals surface area contributed by atoms with Crippen LogP contribution in [0.25, 0.3) is 0 Å². The third-order valence-electron chi connectivity index (χ3n) is 2.16. The van der Waals surface area contributed by atoms with Gasteiger partial charge in [-0.05, 0) is 6.42 Å². The molecule has 98 valence electrons. The van der Waals surface area contributed by atoms with E-state index in [1.807, 2.05) is 0 Å². The van der Waals surface area contributed by atoms with E-state index in [2.05, 4.69) is 17.6 Å². The van der Waals surface area contributed by atoms with Crippen molar-refractivity contribution in [3.63, 3.8) is 0 Å². The van der Waals surface area contributed by atoms with Crippen LogP contribution in [-0.2, 0) is 9.59 Å². The highest BCUT2D eigenvalue weighted by molar-refractivity contribution is 6.05. The minimum Gasteiger partial charge on any atom is -0.367 e. The summed E-state index contributed by atoms with van der Waals surface area (Å²) in [7, 11) is 0. The molecule has 6 N–H and O–H groups in total. The molecule has 0 aliphatic carbocycles. The van der Waals surface area contributed by atoms with E-state index in [1.54, 1.807) is 0 Å². The monoisotopic (exact) mass is 244 g/mol. The highest BCUT2D eigenvalue weighted by atomic mass is 16.2. The number of nitrogens with one attached hydrogen (secondary N) is 2. The van der Waals surface area contributed by atoms with Crippen LogP contribution in [-0.4, -0.2) is 30.4 Å². The third-order valence-corrected chi connectivity index (χ3v) is 2.16. The Bertz CT molecular complexity index is 267. The fourth-order valence-corrected chi connectivity index (χ4v) is 1.22. The third kappa shape index (κ3) is 7.15. The number of hydrogen-bond donors (Lipinski definition) is 4. The van der Waals surface area contributed by atoms with E-state index in [0.717, 1.165) is 25.7 Å². The second kappa shape index (κ2) is 8.37. The van der Waals surface area contributed by atoms with Gasteiger partial charge in [-0.1, -0.05) is 26.2 Å². The van der Waals surface area contributed by atoms with Crippen molar-refractivity contribution < 1.29 is 14.4 Å². The zero-order valence-corrected chi connectivity index (χ0v) is 9.99. The number of carbonyl (C=O) groups excluding carboxylic acids is 3. The number of nitrogens with two attached hydrogens (primary N) is 2. The van der Waals surface area contributed by atoms with Gasteiger partial charge in [-0.25, -0.2) is 4.79 Å². The topological polar surface area (TPSA) is 127 Å². The molecule has 0 fully saturated rings. The smallest absolute Gasteiger partial charge is 0.315 e.